The molecule has 2 rings (SSSR count). The molecule has 1 aromatic heterocycles. The third-order valence-electron chi connectivity index (χ3n) is 3.56. The number of anilines is 2. The van der Waals surface area contributed by atoms with Crippen LogP contribution < -0.4 is 15.0 Å². The summed E-state index contributed by atoms with van der Waals surface area (Å²) in [6.45, 7) is 5.22. The van der Waals surface area contributed by atoms with Crippen molar-refractivity contribution in [2.75, 3.05) is 25.6 Å². The average molecular weight is 285 g/mol. The van der Waals surface area contributed by atoms with Gasteiger partial charge in [0.25, 0.3) is 0 Å². The van der Waals surface area contributed by atoms with Crippen LogP contribution in [0.4, 0.5) is 11.5 Å². The fourth-order valence-corrected chi connectivity index (χ4v) is 2.26. The summed E-state index contributed by atoms with van der Waals surface area (Å²) >= 11 is 0. The lowest BCUT2D eigenvalue weighted by Gasteiger charge is -2.21. The molecule has 0 spiro atoms. The molecule has 2 aromatic rings. The van der Waals surface area contributed by atoms with Crippen molar-refractivity contribution in [3.8, 4) is 5.75 Å². The van der Waals surface area contributed by atoms with Crippen LogP contribution in [0.1, 0.15) is 25.5 Å². The van der Waals surface area contributed by atoms with Gasteiger partial charge < -0.3 is 15.0 Å². The molecule has 1 unspecified atom stereocenters. The molecule has 1 atom stereocenters. The first-order valence-electron chi connectivity index (χ1n) is 7.22. The number of benzene rings is 1. The molecule has 0 bridgehead atoms. The molecule has 0 saturated carbocycles. The third-order valence-corrected chi connectivity index (χ3v) is 3.56. The van der Waals surface area contributed by atoms with Crippen LogP contribution in [0.3, 0.4) is 0 Å². The number of methoxy groups -OCH3 is 1. The lowest BCUT2D eigenvalue weighted by molar-refractivity contribution is 0.415. The van der Waals surface area contributed by atoms with E-state index in [1.807, 2.05) is 37.5 Å². The first-order chi connectivity index (χ1) is 10.2. The number of hydrogen-bond donors (Lipinski definition) is 1. The molecule has 0 amide bonds. The van der Waals surface area contributed by atoms with Crippen LogP contribution in [-0.4, -0.2) is 25.7 Å². The van der Waals surface area contributed by atoms with E-state index in [9.17, 15) is 0 Å². The Labute approximate surface area is 126 Å². The molecule has 0 aliphatic carbocycles. The number of nitrogens with one attached hydrogen (secondary N) is 1. The quantitative estimate of drug-likeness (QED) is 0.881. The smallest absolute Gasteiger partial charge is 0.132 e. The van der Waals surface area contributed by atoms with E-state index in [1.165, 1.54) is 5.56 Å². The summed E-state index contributed by atoms with van der Waals surface area (Å²) in [7, 11) is 3.69. The predicted octanol–water partition coefficient (Wildman–Crippen LogP) is 3.53. The molecule has 0 aliphatic heterocycles. The van der Waals surface area contributed by atoms with Crippen LogP contribution in [0.15, 0.2) is 42.6 Å². The normalized spacial score (nSPS) is 12.0. The molecule has 1 aromatic carbocycles. The fourth-order valence-electron chi connectivity index (χ4n) is 2.26. The second-order valence-corrected chi connectivity index (χ2v) is 4.99. The van der Waals surface area contributed by atoms with Gasteiger partial charge >= 0.3 is 0 Å². The SMILES string of the molecule is CCNC(C)c1ccnc(N(C)c2cccc(OC)c2)c1. The maximum absolute atomic E-state index is 5.28. The lowest BCUT2D eigenvalue weighted by Crippen LogP contribution is -2.18. The van der Waals surface area contributed by atoms with E-state index in [0.29, 0.717) is 6.04 Å². The van der Waals surface area contributed by atoms with Gasteiger partial charge in [-0.05, 0) is 43.3 Å². The van der Waals surface area contributed by atoms with E-state index in [2.05, 4.69) is 41.2 Å². The molecule has 0 saturated heterocycles. The van der Waals surface area contributed by atoms with Crippen LogP contribution >= 0.6 is 0 Å². The maximum atomic E-state index is 5.28. The minimum atomic E-state index is 0.315. The highest BCUT2D eigenvalue weighted by Crippen LogP contribution is 2.26. The van der Waals surface area contributed by atoms with Gasteiger partial charge in [0.2, 0.25) is 0 Å². The largest absolute Gasteiger partial charge is 0.497 e. The van der Waals surface area contributed by atoms with Crippen molar-refractivity contribution in [3.05, 3.63) is 48.2 Å². The number of aromatic nitrogens is 1. The van der Waals surface area contributed by atoms with Crippen LogP contribution in [0.2, 0.25) is 0 Å². The first-order valence-corrected chi connectivity index (χ1v) is 7.22. The molecule has 21 heavy (non-hydrogen) atoms. The Bertz CT molecular complexity index is 586. The number of hydrogen-bond acceptors (Lipinski definition) is 4. The highest BCUT2D eigenvalue weighted by atomic mass is 16.5. The summed E-state index contributed by atoms with van der Waals surface area (Å²) in [5.74, 6) is 1.77. The Kier molecular flexibility index (Phi) is 5.17. The second kappa shape index (κ2) is 7.09. The molecule has 112 valence electrons. The Morgan fingerprint density at radius 3 is 2.81 bits per heavy atom. The van der Waals surface area contributed by atoms with Crippen molar-refractivity contribution < 1.29 is 4.74 Å². The predicted molar refractivity (Wildman–Crippen MR) is 87.4 cm³/mol. The first kappa shape index (κ1) is 15.3. The van der Waals surface area contributed by atoms with Crippen molar-refractivity contribution in [1.29, 1.82) is 0 Å². The number of rotatable bonds is 6. The Balaban J connectivity index is 2.26. The van der Waals surface area contributed by atoms with Gasteiger partial charge in [0.1, 0.15) is 11.6 Å². The van der Waals surface area contributed by atoms with Crippen molar-refractivity contribution in [2.24, 2.45) is 0 Å². The summed E-state index contributed by atoms with van der Waals surface area (Å²) in [4.78, 5) is 6.53. The highest BCUT2D eigenvalue weighted by molar-refractivity contribution is 5.61. The molecule has 0 radical (unpaired) electrons. The Hall–Kier alpha value is -2.07. The Morgan fingerprint density at radius 2 is 2.10 bits per heavy atom. The van der Waals surface area contributed by atoms with Crippen molar-refractivity contribution in [1.82, 2.24) is 10.3 Å². The maximum Gasteiger partial charge on any atom is 0.132 e. The molecular weight excluding hydrogens is 262 g/mol. The average Bonchev–Trinajstić information content (AvgIpc) is 2.54. The summed E-state index contributed by atoms with van der Waals surface area (Å²) in [5.41, 5.74) is 2.28. The molecule has 1 heterocycles. The van der Waals surface area contributed by atoms with Gasteiger partial charge in [-0.1, -0.05) is 13.0 Å². The van der Waals surface area contributed by atoms with Gasteiger partial charge in [-0.3, -0.25) is 0 Å². The number of ether oxygens (including phenoxy) is 1. The zero-order valence-electron chi connectivity index (χ0n) is 13.1. The summed E-state index contributed by atoms with van der Waals surface area (Å²) in [5, 5.41) is 3.42. The van der Waals surface area contributed by atoms with Gasteiger partial charge in [-0.2, -0.15) is 0 Å². The van der Waals surface area contributed by atoms with Crippen LogP contribution in [0, 0.1) is 0 Å². The van der Waals surface area contributed by atoms with Crippen molar-refractivity contribution >= 4 is 11.5 Å². The van der Waals surface area contributed by atoms with Crippen LogP contribution in [0.5, 0.6) is 5.75 Å². The minimum Gasteiger partial charge on any atom is -0.497 e. The van der Waals surface area contributed by atoms with E-state index < -0.39 is 0 Å². The van der Waals surface area contributed by atoms with Gasteiger partial charge in [0, 0.05) is 31.0 Å². The number of nitrogens with zero attached hydrogens (tertiary/aromatic N) is 2. The number of pyridine rings is 1. The lowest BCUT2D eigenvalue weighted by atomic mass is 10.1. The molecule has 0 fully saturated rings. The zero-order valence-corrected chi connectivity index (χ0v) is 13.1. The van der Waals surface area contributed by atoms with E-state index in [-0.39, 0.29) is 0 Å². The van der Waals surface area contributed by atoms with Gasteiger partial charge in [0.15, 0.2) is 0 Å². The van der Waals surface area contributed by atoms with Crippen molar-refractivity contribution in [3.63, 3.8) is 0 Å². The summed E-state index contributed by atoms with van der Waals surface area (Å²) in [6, 6.07) is 12.5. The van der Waals surface area contributed by atoms with Gasteiger partial charge in [0.05, 0.1) is 7.11 Å². The summed E-state index contributed by atoms with van der Waals surface area (Å²) in [6.07, 6.45) is 1.86. The fraction of sp³-hybridized carbons (Fsp3) is 0.353. The second-order valence-electron chi connectivity index (χ2n) is 4.99. The highest BCUT2D eigenvalue weighted by Gasteiger charge is 2.10. The van der Waals surface area contributed by atoms with Gasteiger partial charge in [-0.15, -0.1) is 0 Å². The molecular formula is C17H23N3O. The molecule has 4 heteroatoms. The molecule has 1 N–H and O–H groups in total. The van der Waals surface area contributed by atoms with E-state index in [1.54, 1.807) is 7.11 Å². The van der Waals surface area contributed by atoms with Crippen molar-refractivity contribution in [2.45, 2.75) is 19.9 Å². The zero-order chi connectivity index (χ0) is 15.2. The van der Waals surface area contributed by atoms with Gasteiger partial charge in [-0.25, -0.2) is 4.98 Å². The standard InChI is InChI=1S/C17H23N3O/c1-5-18-13(2)14-9-10-19-17(11-14)20(3)15-7-6-8-16(12-15)21-4/h6-13,18H,5H2,1-4H3. The van der Waals surface area contributed by atoms with E-state index in [0.717, 1.165) is 23.8 Å². The molecule has 0 aliphatic rings. The third kappa shape index (κ3) is 3.73. The van der Waals surface area contributed by atoms with E-state index >= 15 is 0 Å². The monoisotopic (exact) mass is 285 g/mol. The van der Waals surface area contributed by atoms with Crippen LogP contribution in [0.25, 0.3) is 0 Å². The van der Waals surface area contributed by atoms with E-state index in [4.69, 9.17) is 4.74 Å². The summed E-state index contributed by atoms with van der Waals surface area (Å²) < 4.78 is 5.28. The Morgan fingerprint density at radius 1 is 1.29 bits per heavy atom. The topological polar surface area (TPSA) is 37.4 Å². The van der Waals surface area contributed by atoms with Crippen LogP contribution in [-0.2, 0) is 0 Å². The molecule has 4 nitrogen and oxygen atoms in total. The minimum absolute atomic E-state index is 0.315.